The molecule has 2 bridgehead atoms. The molecule has 6 heteroatoms. The van der Waals surface area contributed by atoms with E-state index in [1.165, 1.54) is 22.3 Å². The Kier molecular flexibility index (Phi) is 4.95. The van der Waals surface area contributed by atoms with E-state index in [1.807, 2.05) is 24.3 Å². The molecule has 0 saturated carbocycles. The molecule has 2 aromatic rings. The largest absolute Gasteiger partial charge is 0.481 e. The molecular weight excluding hydrogens is 382 g/mol. The number of ether oxygens (including phenoxy) is 2. The first-order valence-corrected chi connectivity index (χ1v) is 10.5. The molecule has 0 spiro atoms. The summed E-state index contributed by atoms with van der Waals surface area (Å²) in [6.45, 7) is 1.18. The number of piperidine rings is 1. The van der Waals surface area contributed by atoms with Crippen molar-refractivity contribution in [2.24, 2.45) is 5.92 Å². The highest BCUT2D eigenvalue weighted by Crippen LogP contribution is 2.44. The lowest BCUT2D eigenvalue weighted by Crippen LogP contribution is -2.59. The molecule has 1 N–H and O–H groups in total. The quantitative estimate of drug-likeness (QED) is 0.832. The van der Waals surface area contributed by atoms with Gasteiger partial charge in [-0.05, 0) is 41.0 Å². The van der Waals surface area contributed by atoms with Crippen molar-refractivity contribution >= 4 is 12.1 Å². The zero-order valence-corrected chi connectivity index (χ0v) is 16.7. The Labute approximate surface area is 175 Å². The van der Waals surface area contributed by atoms with Crippen molar-refractivity contribution in [1.82, 2.24) is 4.90 Å². The minimum atomic E-state index is -0.784. The zero-order chi connectivity index (χ0) is 20.7. The Bertz CT molecular complexity index is 914. The number of carbonyl (C=O) groups excluding carboxylic acids is 1. The molecule has 2 atom stereocenters. The van der Waals surface area contributed by atoms with Crippen LogP contribution >= 0.6 is 0 Å². The SMILES string of the molecule is O=C(O)CC1CC2COCC(C1)N2C(=O)OCC1c2ccccc2-c2ccccc21. The molecule has 0 aromatic heterocycles. The van der Waals surface area contributed by atoms with Crippen molar-refractivity contribution in [3.05, 3.63) is 59.7 Å². The standard InChI is InChI=1S/C24H25NO5/c26-23(27)11-15-9-16-12-29-13-17(10-15)25(16)24(28)30-14-22-20-7-3-1-5-18(20)19-6-2-4-8-21(19)22/h1-8,15-17,22H,9-14H2,(H,26,27). The molecule has 5 rings (SSSR count). The van der Waals surface area contributed by atoms with Crippen LogP contribution in [0.3, 0.4) is 0 Å². The van der Waals surface area contributed by atoms with Crippen LogP contribution in [0.25, 0.3) is 11.1 Å². The van der Waals surface area contributed by atoms with Crippen molar-refractivity contribution in [2.45, 2.75) is 37.3 Å². The van der Waals surface area contributed by atoms with Crippen LogP contribution in [-0.2, 0) is 14.3 Å². The van der Waals surface area contributed by atoms with E-state index >= 15 is 0 Å². The summed E-state index contributed by atoms with van der Waals surface area (Å²) in [5.41, 5.74) is 4.79. The zero-order valence-electron chi connectivity index (χ0n) is 16.7. The molecule has 1 amide bonds. The number of nitrogens with zero attached hydrogens (tertiary/aromatic N) is 1. The van der Waals surface area contributed by atoms with Crippen LogP contribution in [0.1, 0.15) is 36.3 Å². The van der Waals surface area contributed by atoms with E-state index in [4.69, 9.17) is 14.6 Å². The highest BCUT2D eigenvalue weighted by molar-refractivity contribution is 5.79. The Morgan fingerprint density at radius 1 is 0.967 bits per heavy atom. The molecule has 3 aliphatic rings. The van der Waals surface area contributed by atoms with Gasteiger partial charge in [0.15, 0.2) is 0 Å². The fourth-order valence-electron chi connectivity index (χ4n) is 5.41. The van der Waals surface area contributed by atoms with E-state index in [1.54, 1.807) is 4.90 Å². The van der Waals surface area contributed by atoms with Crippen LogP contribution in [0.5, 0.6) is 0 Å². The number of amides is 1. The van der Waals surface area contributed by atoms with Gasteiger partial charge in [0, 0.05) is 12.3 Å². The maximum Gasteiger partial charge on any atom is 0.410 e. The van der Waals surface area contributed by atoms with Crippen LogP contribution in [0.4, 0.5) is 4.79 Å². The minimum Gasteiger partial charge on any atom is -0.481 e. The van der Waals surface area contributed by atoms with E-state index in [0.29, 0.717) is 32.7 Å². The monoisotopic (exact) mass is 407 g/mol. The van der Waals surface area contributed by atoms with Gasteiger partial charge in [0.1, 0.15) is 6.61 Å². The van der Waals surface area contributed by atoms with Crippen LogP contribution in [-0.4, -0.2) is 54.0 Å². The molecule has 1 aliphatic carbocycles. The normalized spacial score (nSPS) is 24.8. The summed E-state index contributed by atoms with van der Waals surface area (Å²) >= 11 is 0. The van der Waals surface area contributed by atoms with Crippen molar-refractivity contribution in [1.29, 1.82) is 0 Å². The first-order chi connectivity index (χ1) is 14.6. The second-order valence-corrected chi connectivity index (χ2v) is 8.49. The molecule has 0 radical (unpaired) electrons. The maximum absolute atomic E-state index is 13.1. The van der Waals surface area contributed by atoms with Gasteiger partial charge in [-0.25, -0.2) is 4.79 Å². The second-order valence-electron chi connectivity index (χ2n) is 8.49. The third-order valence-electron chi connectivity index (χ3n) is 6.63. The van der Waals surface area contributed by atoms with E-state index in [0.717, 1.165) is 0 Å². The summed E-state index contributed by atoms with van der Waals surface area (Å²) in [6, 6.07) is 16.3. The predicted octanol–water partition coefficient (Wildman–Crippen LogP) is 3.89. The van der Waals surface area contributed by atoms with Crippen molar-refractivity contribution in [2.75, 3.05) is 19.8 Å². The number of aliphatic carboxylic acids is 1. The molecule has 6 nitrogen and oxygen atoms in total. The van der Waals surface area contributed by atoms with Crippen LogP contribution in [0.2, 0.25) is 0 Å². The van der Waals surface area contributed by atoms with Crippen molar-refractivity contribution < 1.29 is 24.2 Å². The number of hydrogen-bond donors (Lipinski definition) is 1. The average molecular weight is 407 g/mol. The minimum absolute atomic E-state index is 0.0296. The van der Waals surface area contributed by atoms with Crippen LogP contribution < -0.4 is 0 Å². The number of rotatable bonds is 4. The lowest BCUT2D eigenvalue weighted by atomic mass is 9.83. The van der Waals surface area contributed by atoms with Gasteiger partial charge in [0.05, 0.1) is 25.3 Å². The molecular formula is C24H25NO5. The smallest absolute Gasteiger partial charge is 0.410 e. The number of morpholine rings is 1. The summed E-state index contributed by atoms with van der Waals surface area (Å²) in [5.74, 6) is -0.672. The molecule has 156 valence electrons. The lowest BCUT2D eigenvalue weighted by Gasteiger charge is -2.47. The van der Waals surface area contributed by atoms with E-state index in [2.05, 4.69) is 24.3 Å². The topological polar surface area (TPSA) is 76.1 Å². The highest BCUT2D eigenvalue weighted by atomic mass is 16.6. The van der Waals surface area contributed by atoms with Gasteiger partial charge in [-0.2, -0.15) is 0 Å². The van der Waals surface area contributed by atoms with Gasteiger partial charge in [0.2, 0.25) is 0 Å². The Balaban J connectivity index is 1.30. The highest BCUT2D eigenvalue weighted by Gasteiger charge is 2.43. The molecule has 2 aliphatic heterocycles. The number of fused-ring (bicyclic) bond motifs is 5. The van der Waals surface area contributed by atoms with Crippen molar-refractivity contribution in [3.63, 3.8) is 0 Å². The molecule has 2 heterocycles. The van der Waals surface area contributed by atoms with E-state index in [9.17, 15) is 9.59 Å². The fraction of sp³-hybridized carbons (Fsp3) is 0.417. The first-order valence-electron chi connectivity index (χ1n) is 10.5. The fourth-order valence-corrected chi connectivity index (χ4v) is 5.41. The summed E-state index contributed by atoms with van der Waals surface area (Å²) in [5, 5.41) is 9.13. The molecule has 2 saturated heterocycles. The van der Waals surface area contributed by atoms with Gasteiger partial charge in [-0.3, -0.25) is 9.69 Å². The molecule has 2 unspecified atom stereocenters. The summed E-state index contributed by atoms with van der Waals surface area (Å²) in [4.78, 5) is 26.0. The number of carboxylic acids is 1. The Morgan fingerprint density at radius 3 is 2.10 bits per heavy atom. The van der Waals surface area contributed by atoms with Crippen LogP contribution in [0, 0.1) is 5.92 Å². The van der Waals surface area contributed by atoms with E-state index in [-0.39, 0.29) is 36.4 Å². The molecule has 30 heavy (non-hydrogen) atoms. The van der Waals surface area contributed by atoms with Gasteiger partial charge in [0.25, 0.3) is 0 Å². The number of carbonyl (C=O) groups is 2. The number of benzene rings is 2. The molecule has 2 aromatic carbocycles. The predicted molar refractivity (Wildman–Crippen MR) is 110 cm³/mol. The van der Waals surface area contributed by atoms with Gasteiger partial charge >= 0.3 is 12.1 Å². The first kappa shape index (κ1) is 19.1. The number of carboxylic acid groups (broad SMARTS) is 1. The van der Waals surface area contributed by atoms with Gasteiger partial charge in [-0.1, -0.05) is 48.5 Å². The van der Waals surface area contributed by atoms with Gasteiger partial charge < -0.3 is 14.6 Å². The average Bonchev–Trinajstić information content (AvgIpc) is 3.05. The second kappa shape index (κ2) is 7.76. The van der Waals surface area contributed by atoms with Crippen molar-refractivity contribution in [3.8, 4) is 11.1 Å². The number of hydrogen-bond acceptors (Lipinski definition) is 4. The summed E-state index contributed by atoms with van der Waals surface area (Å²) in [6.07, 6.45) is 1.12. The third kappa shape index (κ3) is 3.35. The Hall–Kier alpha value is -2.86. The van der Waals surface area contributed by atoms with Crippen LogP contribution in [0.15, 0.2) is 48.5 Å². The Morgan fingerprint density at radius 2 is 1.53 bits per heavy atom. The third-order valence-corrected chi connectivity index (χ3v) is 6.63. The summed E-state index contributed by atoms with van der Waals surface area (Å²) < 4.78 is 11.5. The lowest BCUT2D eigenvalue weighted by molar-refractivity contribution is -0.140. The van der Waals surface area contributed by atoms with Gasteiger partial charge in [-0.15, -0.1) is 0 Å². The van der Waals surface area contributed by atoms with E-state index < -0.39 is 5.97 Å². The molecule has 2 fully saturated rings. The summed E-state index contributed by atoms with van der Waals surface area (Å²) in [7, 11) is 0. The maximum atomic E-state index is 13.1.